The van der Waals surface area contributed by atoms with Crippen LogP contribution < -0.4 is 11.1 Å². The summed E-state index contributed by atoms with van der Waals surface area (Å²) >= 11 is 15.2. The van der Waals surface area contributed by atoms with Crippen molar-refractivity contribution in [1.29, 1.82) is 0 Å². The minimum atomic E-state index is -0.415. The number of anilines is 2. The van der Waals surface area contributed by atoms with E-state index >= 15 is 0 Å². The summed E-state index contributed by atoms with van der Waals surface area (Å²) in [5.74, 6) is 0.0370. The standard InChI is InChI=1S/C13H10BrCl2N3O/c1-6-2-7(14)5-18-12(6)19-13(20)9-3-8(17)4-10(15)11(9)16/h2-5H,17H2,1H3,(H,18,19,20). The third-order valence-corrected chi connectivity index (χ3v) is 3.81. The average molecular weight is 375 g/mol. The molecule has 0 fully saturated rings. The van der Waals surface area contributed by atoms with E-state index in [1.807, 2.05) is 13.0 Å². The number of rotatable bonds is 2. The Morgan fingerprint density at radius 1 is 1.35 bits per heavy atom. The van der Waals surface area contributed by atoms with Crippen LogP contribution in [0, 0.1) is 6.92 Å². The maximum atomic E-state index is 12.2. The van der Waals surface area contributed by atoms with Crippen molar-refractivity contribution in [2.24, 2.45) is 0 Å². The van der Waals surface area contributed by atoms with E-state index < -0.39 is 5.91 Å². The van der Waals surface area contributed by atoms with Gasteiger partial charge in [0.15, 0.2) is 0 Å². The van der Waals surface area contributed by atoms with E-state index in [0.717, 1.165) is 10.0 Å². The highest BCUT2D eigenvalue weighted by atomic mass is 79.9. The van der Waals surface area contributed by atoms with Crippen LogP contribution in [0.15, 0.2) is 28.9 Å². The highest BCUT2D eigenvalue weighted by Crippen LogP contribution is 2.29. The average Bonchev–Trinajstić information content (AvgIpc) is 2.37. The number of halogens is 3. The van der Waals surface area contributed by atoms with E-state index in [1.54, 1.807) is 6.20 Å². The van der Waals surface area contributed by atoms with Gasteiger partial charge in [-0.05, 0) is 46.6 Å². The first-order chi connectivity index (χ1) is 9.38. The number of hydrogen-bond donors (Lipinski definition) is 2. The van der Waals surface area contributed by atoms with E-state index in [-0.39, 0.29) is 15.6 Å². The number of nitrogens with one attached hydrogen (secondary N) is 1. The zero-order chi connectivity index (χ0) is 14.9. The summed E-state index contributed by atoms with van der Waals surface area (Å²) in [7, 11) is 0. The summed E-state index contributed by atoms with van der Waals surface area (Å²) < 4.78 is 0.832. The van der Waals surface area contributed by atoms with E-state index in [9.17, 15) is 4.79 Å². The Morgan fingerprint density at radius 3 is 2.70 bits per heavy atom. The molecule has 0 bridgehead atoms. The molecule has 7 heteroatoms. The van der Waals surface area contributed by atoms with Crippen LogP contribution in [0.1, 0.15) is 15.9 Å². The van der Waals surface area contributed by atoms with Crippen LogP contribution in [-0.4, -0.2) is 10.9 Å². The Bertz CT molecular complexity index is 692. The van der Waals surface area contributed by atoms with Gasteiger partial charge in [0.25, 0.3) is 5.91 Å². The monoisotopic (exact) mass is 373 g/mol. The summed E-state index contributed by atoms with van der Waals surface area (Å²) in [4.78, 5) is 16.3. The molecule has 1 heterocycles. The lowest BCUT2D eigenvalue weighted by Gasteiger charge is -2.10. The van der Waals surface area contributed by atoms with E-state index in [4.69, 9.17) is 28.9 Å². The Kier molecular flexibility index (Phi) is 4.52. The third-order valence-electron chi connectivity index (χ3n) is 2.57. The number of aromatic nitrogens is 1. The summed E-state index contributed by atoms with van der Waals surface area (Å²) in [5.41, 5.74) is 7.06. The molecule has 0 aliphatic heterocycles. The van der Waals surface area contributed by atoms with Gasteiger partial charge < -0.3 is 11.1 Å². The Labute approximate surface area is 134 Å². The topological polar surface area (TPSA) is 68.0 Å². The second-order valence-corrected chi connectivity index (χ2v) is 5.84. The third kappa shape index (κ3) is 3.23. The Morgan fingerprint density at radius 2 is 2.05 bits per heavy atom. The van der Waals surface area contributed by atoms with Crippen LogP contribution in [-0.2, 0) is 0 Å². The molecule has 0 aliphatic rings. The minimum Gasteiger partial charge on any atom is -0.399 e. The van der Waals surface area contributed by atoms with Crippen molar-refractivity contribution in [1.82, 2.24) is 4.98 Å². The predicted molar refractivity (Wildman–Crippen MR) is 85.5 cm³/mol. The van der Waals surface area contributed by atoms with Crippen molar-refractivity contribution in [3.8, 4) is 0 Å². The summed E-state index contributed by atoms with van der Waals surface area (Å²) in [6.45, 7) is 1.83. The van der Waals surface area contributed by atoms with Crippen LogP contribution in [0.25, 0.3) is 0 Å². The minimum absolute atomic E-state index is 0.160. The summed E-state index contributed by atoms with van der Waals surface area (Å²) in [6.07, 6.45) is 1.59. The first-order valence-electron chi connectivity index (χ1n) is 5.56. The molecule has 0 radical (unpaired) electrons. The quantitative estimate of drug-likeness (QED) is 0.770. The number of aryl methyl sites for hydroxylation is 1. The van der Waals surface area contributed by atoms with Crippen LogP contribution in [0.5, 0.6) is 0 Å². The van der Waals surface area contributed by atoms with Gasteiger partial charge in [0, 0.05) is 16.4 Å². The second-order valence-electron chi connectivity index (χ2n) is 4.14. The fraction of sp³-hybridized carbons (Fsp3) is 0.0769. The van der Waals surface area contributed by atoms with Gasteiger partial charge in [-0.3, -0.25) is 4.79 Å². The zero-order valence-electron chi connectivity index (χ0n) is 10.4. The maximum absolute atomic E-state index is 12.2. The van der Waals surface area contributed by atoms with Crippen molar-refractivity contribution in [2.75, 3.05) is 11.1 Å². The molecule has 0 saturated carbocycles. The largest absolute Gasteiger partial charge is 0.399 e. The lowest BCUT2D eigenvalue weighted by atomic mass is 10.2. The molecule has 4 nitrogen and oxygen atoms in total. The molecule has 1 amide bonds. The molecule has 104 valence electrons. The number of carbonyl (C=O) groups is 1. The molecule has 0 unspecified atom stereocenters. The van der Waals surface area contributed by atoms with E-state index in [0.29, 0.717) is 11.5 Å². The first-order valence-corrected chi connectivity index (χ1v) is 7.11. The molecule has 0 aliphatic carbocycles. The van der Waals surface area contributed by atoms with E-state index in [2.05, 4.69) is 26.2 Å². The van der Waals surface area contributed by atoms with Crippen molar-refractivity contribution < 1.29 is 4.79 Å². The lowest BCUT2D eigenvalue weighted by Crippen LogP contribution is -2.15. The van der Waals surface area contributed by atoms with Crippen molar-refractivity contribution in [3.05, 3.63) is 50.0 Å². The van der Waals surface area contributed by atoms with Crippen LogP contribution in [0.3, 0.4) is 0 Å². The summed E-state index contributed by atoms with van der Waals surface area (Å²) in [6, 6.07) is 4.80. The molecule has 2 aromatic rings. The number of pyridine rings is 1. The molecular weight excluding hydrogens is 365 g/mol. The number of amides is 1. The highest BCUT2D eigenvalue weighted by molar-refractivity contribution is 9.10. The lowest BCUT2D eigenvalue weighted by molar-refractivity contribution is 0.102. The first kappa shape index (κ1) is 15.1. The molecule has 0 spiro atoms. The molecular formula is C13H10BrCl2N3O. The van der Waals surface area contributed by atoms with Crippen LogP contribution in [0.4, 0.5) is 11.5 Å². The molecule has 2 rings (SSSR count). The number of benzene rings is 1. The Hall–Kier alpha value is -1.30. The van der Waals surface area contributed by atoms with Crippen molar-refractivity contribution in [2.45, 2.75) is 6.92 Å². The number of carbonyl (C=O) groups excluding carboxylic acids is 1. The number of nitrogens with zero attached hydrogens (tertiary/aromatic N) is 1. The predicted octanol–water partition coefficient (Wildman–Crippen LogP) is 4.29. The van der Waals surface area contributed by atoms with Gasteiger partial charge >= 0.3 is 0 Å². The van der Waals surface area contributed by atoms with Crippen molar-refractivity contribution in [3.63, 3.8) is 0 Å². The van der Waals surface area contributed by atoms with Gasteiger partial charge in [-0.15, -0.1) is 0 Å². The smallest absolute Gasteiger partial charge is 0.258 e. The fourth-order valence-electron chi connectivity index (χ4n) is 1.62. The Balaban J connectivity index is 2.33. The van der Waals surface area contributed by atoms with Gasteiger partial charge in [-0.2, -0.15) is 0 Å². The SMILES string of the molecule is Cc1cc(Br)cnc1NC(=O)c1cc(N)cc(Cl)c1Cl. The van der Waals surface area contributed by atoms with Crippen molar-refractivity contribution >= 4 is 56.5 Å². The molecule has 1 aromatic carbocycles. The molecule has 1 aromatic heterocycles. The second kappa shape index (κ2) is 5.99. The van der Waals surface area contributed by atoms with Gasteiger partial charge in [0.2, 0.25) is 0 Å². The molecule has 3 N–H and O–H groups in total. The molecule has 0 atom stereocenters. The van der Waals surface area contributed by atoms with Gasteiger partial charge in [0.05, 0.1) is 15.6 Å². The molecule has 20 heavy (non-hydrogen) atoms. The number of nitrogen functional groups attached to an aromatic ring is 1. The zero-order valence-corrected chi connectivity index (χ0v) is 13.5. The van der Waals surface area contributed by atoms with E-state index in [1.165, 1.54) is 12.1 Å². The molecule has 0 saturated heterocycles. The van der Waals surface area contributed by atoms with Crippen LogP contribution >= 0.6 is 39.1 Å². The number of nitrogens with two attached hydrogens (primary N) is 1. The number of hydrogen-bond acceptors (Lipinski definition) is 3. The normalized spacial score (nSPS) is 10.4. The summed E-state index contributed by atoms with van der Waals surface area (Å²) in [5, 5.41) is 3.07. The van der Waals surface area contributed by atoms with Gasteiger partial charge in [-0.1, -0.05) is 23.2 Å². The van der Waals surface area contributed by atoms with Gasteiger partial charge in [0.1, 0.15) is 5.82 Å². The van der Waals surface area contributed by atoms with Gasteiger partial charge in [-0.25, -0.2) is 4.98 Å². The fourth-order valence-corrected chi connectivity index (χ4v) is 2.49. The van der Waals surface area contributed by atoms with Crippen LogP contribution in [0.2, 0.25) is 10.0 Å². The maximum Gasteiger partial charge on any atom is 0.258 e. The highest BCUT2D eigenvalue weighted by Gasteiger charge is 2.15.